The van der Waals surface area contributed by atoms with Crippen LogP contribution in [0.2, 0.25) is 0 Å². The minimum Gasteiger partial charge on any atom is -0.493 e. The zero-order valence-electron chi connectivity index (χ0n) is 10.7. The average Bonchev–Trinajstić information content (AvgIpc) is 2.73. The maximum Gasteiger partial charge on any atom is 0.303 e. The molecule has 0 radical (unpaired) electrons. The highest BCUT2D eigenvalue weighted by Crippen LogP contribution is 2.38. The van der Waals surface area contributed by atoms with Crippen LogP contribution in [0.4, 0.5) is 0 Å². The number of carbonyl (C=O) groups is 1. The summed E-state index contributed by atoms with van der Waals surface area (Å²) in [6.07, 6.45) is 0.630. The van der Waals surface area contributed by atoms with E-state index in [9.17, 15) is 9.90 Å². The number of carboxylic acids is 1. The molecule has 2 unspecified atom stereocenters. The summed E-state index contributed by atoms with van der Waals surface area (Å²) in [5, 5.41) is 19.1. The first-order chi connectivity index (χ1) is 8.97. The second-order valence-electron chi connectivity index (χ2n) is 5.04. The van der Waals surface area contributed by atoms with Crippen molar-refractivity contribution >= 4 is 21.9 Å². The highest BCUT2D eigenvalue weighted by Gasteiger charge is 2.23. The van der Waals surface area contributed by atoms with Gasteiger partial charge in [-0.15, -0.1) is 0 Å². The Morgan fingerprint density at radius 1 is 1.53 bits per heavy atom. The number of ether oxygens (including phenoxy) is 1. The van der Waals surface area contributed by atoms with Gasteiger partial charge in [-0.05, 0) is 30.0 Å². The summed E-state index contributed by atoms with van der Waals surface area (Å²) in [5.74, 6) is -0.155. The fourth-order valence-corrected chi connectivity index (χ4v) is 2.96. The van der Waals surface area contributed by atoms with Crippen LogP contribution in [0.15, 0.2) is 16.6 Å². The lowest BCUT2D eigenvalue weighted by molar-refractivity contribution is -0.138. The van der Waals surface area contributed by atoms with Crippen molar-refractivity contribution in [3.05, 3.63) is 27.7 Å². The molecule has 2 N–H and O–H groups in total. The topological polar surface area (TPSA) is 66.8 Å². The summed E-state index contributed by atoms with van der Waals surface area (Å²) < 4.78 is 6.48. The number of rotatable bonds is 5. The molecule has 5 heteroatoms. The molecular formula is C14H17BrO4. The largest absolute Gasteiger partial charge is 0.493 e. The Bertz CT molecular complexity index is 487. The first-order valence-corrected chi connectivity index (χ1v) is 7.11. The number of aliphatic hydroxyl groups excluding tert-OH is 1. The third-order valence-corrected chi connectivity index (χ3v) is 3.74. The van der Waals surface area contributed by atoms with E-state index in [1.165, 1.54) is 0 Å². The molecule has 0 aliphatic carbocycles. The van der Waals surface area contributed by atoms with Gasteiger partial charge in [-0.2, -0.15) is 0 Å². The molecule has 0 saturated carbocycles. The molecule has 0 fully saturated rings. The molecule has 2 rings (SSSR count). The number of hydrogen-bond acceptors (Lipinski definition) is 3. The number of aliphatic carboxylic acids is 1. The van der Waals surface area contributed by atoms with Crippen LogP contribution < -0.4 is 4.74 Å². The van der Waals surface area contributed by atoms with E-state index in [1.54, 1.807) is 0 Å². The summed E-state index contributed by atoms with van der Waals surface area (Å²) >= 11 is 3.43. The van der Waals surface area contributed by atoms with E-state index < -0.39 is 12.1 Å². The van der Waals surface area contributed by atoms with E-state index in [1.807, 2.05) is 19.1 Å². The fraction of sp³-hybridized carbons (Fsp3) is 0.500. The molecule has 19 heavy (non-hydrogen) atoms. The first kappa shape index (κ1) is 14.3. The molecule has 0 aromatic heterocycles. The number of benzene rings is 1. The van der Waals surface area contributed by atoms with Gasteiger partial charge in [-0.1, -0.05) is 22.9 Å². The Morgan fingerprint density at radius 3 is 2.95 bits per heavy atom. The van der Waals surface area contributed by atoms with E-state index in [0.29, 0.717) is 13.0 Å². The number of fused-ring (bicyclic) bond motifs is 1. The molecule has 2 atom stereocenters. The molecule has 1 aliphatic heterocycles. The van der Waals surface area contributed by atoms with Crippen molar-refractivity contribution in [1.29, 1.82) is 0 Å². The molecule has 0 saturated heterocycles. The van der Waals surface area contributed by atoms with Gasteiger partial charge in [0.25, 0.3) is 0 Å². The van der Waals surface area contributed by atoms with E-state index >= 15 is 0 Å². The normalized spacial score (nSPS) is 16.6. The molecule has 4 nitrogen and oxygen atoms in total. The molecule has 0 bridgehead atoms. The molecule has 1 aromatic carbocycles. The lowest BCUT2D eigenvalue weighted by Crippen LogP contribution is -2.10. The second-order valence-corrected chi connectivity index (χ2v) is 5.95. The highest BCUT2D eigenvalue weighted by molar-refractivity contribution is 9.10. The van der Waals surface area contributed by atoms with Gasteiger partial charge in [0, 0.05) is 22.9 Å². The van der Waals surface area contributed by atoms with E-state index in [2.05, 4.69) is 15.9 Å². The fourth-order valence-electron chi connectivity index (χ4n) is 2.43. The number of halogens is 1. The second kappa shape index (κ2) is 5.92. The Morgan fingerprint density at radius 2 is 2.26 bits per heavy atom. The van der Waals surface area contributed by atoms with Crippen LogP contribution in [0.5, 0.6) is 5.75 Å². The lowest BCUT2D eigenvalue weighted by Gasteiger charge is -2.18. The van der Waals surface area contributed by atoms with E-state index in [-0.39, 0.29) is 12.3 Å². The summed E-state index contributed by atoms with van der Waals surface area (Å²) in [6.45, 7) is 2.46. The van der Waals surface area contributed by atoms with Crippen molar-refractivity contribution < 1.29 is 19.7 Å². The molecular weight excluding hydrogens is 312 g/mol. The molecule has 1 aromatic rings. The third kappa shape index (κ3) is 3.48. The molecule has 104 valence electrons. The molecule has 0 amide bonds. The van der Waals surface area contributed by atoms with Gasteiger partial charge >= 0.3 is 5.97 Å². The van der Waals surface area contributed by atoms with Crippen molar-refractivity contribution in [1.82, 2.24) is 0 Å². The predicted molar refractivity (Wildman–Crippen MR) is 74.3 cm³/mol. The monoisotopic (exact) mass is 328 g/mol. The lowest BCUT2D eigenvalue weighted by atomic mass is 9.94. The Kier molecular flexibility index (Phi) is 4.47. The van der Waals surface area contributed by atoms with Crippen LogP contribution in [-0.2, 0) is 11.2 Å². The standard InChI is InChI=1S/C14H17BrO4/c1-8(5-13(17)18)4-12(16)11-7-10(15)6-9-2-3-19-14(9)11/h6-8,12,16H,2-5H2,1H3,(H,17,18). The van der Waals surface area contributed by atoms with Crippen molar-refractivity contribution in [3.8, 4) is 5.75 Å². The smallest absolute Gasteiger partial charge is 0.303 e. The van der Waals surface area contributed by atoms with Gasteiger partial charge in [0.1, 0.15) is 5.75 Å². The molecule has 1 aliphatic rings. The van der Waals surface area contributed by atoms with E-state index in [0.717, 1.165) is 27.8 Å². The highest BCUT2D eigenvalue weighted by atomic mass is 79.9. The Hall–Kier alpha value is -1.07. The van der Waals surface area contributed by atoms with Gasteiger partial charge < -0.3 is 14.9 Å². The van der Waals surface area contributed by atoms with Crippen LogP contribution in [0, 0.1) is 5.92 Å². The Balaban J connectivity index is 2.15. The van der Waals surface area contributed by atoms with Gasteiger partial charge in [0.15, 0.2) is 0 Å². The number of hydrogen-bond donors (Lipinski definition) is 2. The van der Waals surface area contributed by atoms with Gasteiger partial charge in [0.05, 0.1) is 12.7 Å². The summed E-state index contributed by atoms with van der Waals surface area (Å²) in [5.41, 5.74) is 1.84. The summed E-state index contributed by atoms with van der Waals surface area (Å²) in [6, 6.07) is 3.85. The van der Waals surface area contributed by atoms with Crippen molar-refractivity contribution in [3.63, 3.8) is 0 Å². The zero-order chi connectivity index (χ0) is 14.0. The van der Waals surface area contributed by atoms with Crippen LogP contribution in [0.25, 0.3) is 0 Å². The first-order valence-electron chi connectivity index (χ1n) is 6.32. The maximum absolute atomic E-state index is 10.7. The van der Waals surface area contributed by atoms with Gasteiger partial charge in [0.2, 0.25) is 0 Å². The van der Waals surface area contributed by atoms with Crippen LogP contribution in [-0.4, -0.2) is 22.8 Å². The number of aliphatic hydroxyl groups is 1. The maximum atomic E-state index is 10.7. The summed E-state index contributed by atoms with van der Waals surface area (Å²) in [7, 11) is 0. The van der Waals surface area contributed by atoms with Crippen molar-refractivity contribution in [2.45, 2.75) is 32.3 Å². The zero-order valence-corrected chi connectivity index (χ0v) is 12.3. The van der Waals surface area contributed by atoms with Crippen LogP contribution in [0.1, 0.15) is 37.0 Å². The Labute approximate surface area is 120 Å². The molecule has 1 heterocycles. The number of carboxylic acid groups (broad SMARTS) is 1. The quantitative estimate of drug-likeness (QED) is 0.872. The summed E-state index contributed by atoms with van der Waals surface area (Å²) in [4.78, 5) is 10.7. The average molecular weight is 329 g/mol. The third-order valence-electron chi connectivity index (χ3n) is 3.28. The minimum absolute atomic E-state index is 0.0636. The van der Waals surface area contributed by atoms with Crippen molar-refractivity contribution in [2.75, 3.05) is 6.61 Å². The van der Waals surface area contributed by atoms with Crippen LogP contribution in [0.3, 0.4) is 0 Å². The minimum atomic E-state index is -0.838. The van der Waals surface area contributed by atoms with Gasteiger partial charge in [-0.3, -0.25) is 4.79 Å². The molecule has 0 spiro atoms. The van der Waals surface area contributed by atoms with Gasteiger partial charge in [-0.25, -0.2) is 0 Å². The predicted octanol–water partition coefficient (Wildman–Crippen LogP) is 2.92. The van der Waals surface area contributed by atoms with Crippen molar-refractivity contribution in [2.24, 2.45) is 5.92 Å². The van der Waals surface area contributed by atoms with Crippen LogP contribution >= 0.6 is 15.9 Å². The van der Waals surface area contributed by atoms with E-state index in [4.69, 9.17) is 9.84 Å². The SMILES string of the molecule is CC(CC(=O)O)CC(O)c1cc(Br)cc2c1OCC2.